The van der Waals surface area contributed by atoms with Crippen LogP contribution in [0.15, 0.2) is 18.2 Å². The second-order valence-corrected chi connectivity index (χ2v) is 5.59. The van der Waals surface area contributed by atoms with Crippen molar-refractivity contribution in [3.63, 3.8) is 0 Å². The average Bonchev–Trinajstić information content (AvgIpc) is 2.37. The number of hydrogen-bond donors (Lipinski definition) is 2. The van der Waals surface area contributed by atoms with Crippen LogP contribution >= 0.6 is 11.6 Å². The number of anilines is 1. The molecule has 0 aliphatic carbocycles. The highest BCUT2D eigenvalue weighted by molar-refractivity contribution is 7.90. The van der Waals surface area contributed by atoms with E-state index < -0.39 is 16.2 Å². The number of ether oxygens (including phenoxy) is 1. The Balaban J connectivity index is 2.94. The van der Waals surface area contributed by atoms with Crippen molar-refractivity contribution in [3.8, 4) is 0 Å². The number of hydrogen-bond acceptors (Lipinski definition) is 4. The predicted molar refractivity (Wildman–Crippen MR) is 73.6 cm³/mol. The highest BCUT2D eigenvalue weighted by Gasteiger charge is 2.14. The Morgan fingerprint density at radius 2 is 2.11 bits per heavy atom. The standard InChI is InChI=1S/C11H15ClN2O4S/c1-3-6-13-19(16,17)14-8-4-5-10(12)9(7-8)11(15)18-2/h4-5,7,13-14H,3,6H2,1-2H3. The molecule has 1 rings (SSSR count). The van der Waals surface area contributed by atoms with Gasteiger partial charge >= 0.3 is 5.97 Å². The molecule has 0 saturated carbocycles. The molecule has 1 aromatic carbocycles. The summed E-state index contributed by atoms with van der Waals surface area (Å²) in [6.07, 6.45) is 0.676. The molecule has 0 heterocycles. The normalized spacial score (nSPS) is 11.1. The van der Waals surface area contributed by atoms with Crippen molar-refractivity contribution in [1.82, 2.24) is 4.72 Å². The minimum absolute atomic E-state index is 0.0971. The molecule has 0 atom stereocenters. The molecule has 106 valence electrons. The van der Waals surface area contributed by atoms with Crippen LogP contribution in [0.3, 0.4) is 0 Å². The highest BCUT2D eigenvalue weighted by atomic mass is 35.5. The summed E-state index contributed by atoms with van der Waals surface area (Å²) in [7, 11) is -2.43. The number of nitrogens with one attached hydrogen (secondary N) is 2. The molecule has 0 fully saturated rings. The molecule has 8 heteroatoms. The van der Waals surface area contributed by atoms with Crippen LogP contribution in [-0.2, 0) is 14.9 Å². The summed E-state index contributed by atoms with van der Waals surface area (Å²) in [4.78, 5) is 11.4. The predicted octanol–water partition coefficient (Wildman–Crippen LogP) is 1.78. The van der Waals surface area contributed by atoms with Crippen molar-refractivity contribution in [1.29, 1.82) is 0 Å². The number of esters is 1. The molecule has 6 nitrogen and oxygen atoms in total. The van der Waals surface area contributed by atoms with E-state index in [4.69, 9.17) is 11.6 Å². The molecule has 0 unspecified atom stereocenters. The van der Waals surface area contributed by atoms with Crippen molar-refractivity contribution in [3.05, 3.63) is 28.8 Å². The largest absolute Gasteiger partial charge is 0.465 e. The van der Waals surface area contributed by atoms with Crippen molar-refractivity contribution >= 4 is 33.5 Å². The van der Waals surface area contributed by atoms with Gasteiger partial charge in [-0.25, -0.2) is 4.79 Å². The summed E-state index contributed by atoms with van der Waals surface area (Å²) >= 11 is 5.83. The number of carbonyl (C=O) groups excluding carboxylic acids is 1. The quantitative estimate of drug-likeness (QED) is 0.785. The van der Waals surface area contributed by atoms with Crippen LogP contribution in [-0.4, -0.2) is 28.0 Å². The van der Waals surface area contributed by atoms with Gasteiger partial charge < -0.3 is 4.74 Å². The molecule has 0 spiro atoms. The minimum atomic E-state index is -3.65. The first-order valence-electron chi connectivity index (χ1n) is 5.55. The second-order valence-electron chi connectivity index (χ2n) is 3.69. The summed E-state index contributed by atoms with van der Waals surface area (Å²) in [5.41, 5.74) is 0.327. The summed E-state index contributed by atoms with van der Waals surface area (Å²) in [5.74, 6) is -0.632. The molecule has 0 saturated heterocycles. The maximum atomic E-state index is 11.6. The zero-order valence-electron chi connectivity index (χ0n) is 10.6. The lowest BCUT2D eigenvalue weighted by atomic mass is 10.2. The van der Waals surface area contributed by atoms with Gasteiger partial charge in [0.2, 0.25) is 0 Å². The van der Waals surface area contributed by atoms with Gasteiger partial charge in [-0.05, 0) is 24.6 Å². The molecule has 0 bridgehead atoms. The number of methoxy groups -OCH3 is 1. The molecule has 0 aliphatic rings. The Morgan fingerprint density at radius 3 is 2.68 bits per heavy atom. The van der Waals surface area contributed by atoms with Gasteiger partial charge in [0.25, 0.3) is 10.2 Å². The van der Waals surface area contributed by atoms with E-state index in [1.54, 1.807) is 0 Å². The fourth-order valence-electron chi connectivity index (χ4n) is 1.28. The van der Waals surface area contributed by atoms with Crippen LogP contribution in [0.2, 0.25) is 5.02 Å². The molecular formula is C11H15ClN2O4S. The average molecular weight is 307 g/mol. The molecule has 19 heavy (non-hydrogen) atoms. The smallest absolute Gasteiger partial charge is 0.339 e. The Labute approximate surface area is 117 Å². The third kappa shape index (κ3) is 4.70. The van der Waals surface area contributed by atoms with Gasteiger partial charge in [-0.3, -0.25) is 4.72 Å². The van der Waals surface area contributed by atoms with E-state index in [1.807, 2.05) is 6.92 Å². The van der Waals surface area contributed by atoms with E-state index in [0.717, 1.165) is 0 Å². The minimum Gasteiger partial charge on any atom is -0.465 e. The molecule has 0 radical (unpaired) electrons. The van der Waals surface area contributed by atoms with E-state index in [-0.39, 0.29) is 16.3 Å². The first kappa shape index (κ1) is 15.7. The zero-order chi connectivity index (χ0) is 14.5. The third-order valence-electron chi connectivity index (χ3n) is 2.17. The van der Waals surface area contributed by atoms with Gasteiger partial charge in [-0.1, -0.05) is 18.5 Å². The molecule has 2 N–H and O–H groups in total. The summed E-state index contributed by atoms with van der Waals surface area (Å²) in [6.45, 7) is 2.17. The maximum Gasteiger partial charge on any atom is 0.339 e. The van der Waals surface area contributed by atoms with Gasteiger partial charge in [-0.2, -0.15) is 13.1 Å². The van der Waals surface area contributed by atoms with Crippen LogP contribution in [0, 0.1) is 0 Å². The fraction of sp³-hybridized carbons (Fsp3) is 0.364. The van der Waals surface area contributed by atoms with Crippen molar-refractivity contribution in [2.45, 2.75) is 13.3 Å². The molecule has 0 amide bonds. The van der Waals surface area contributed by atoms with E-state index in [1.165, 1.54) is 25.3 Å². The maximum absolute atomic E-state index is 11.6. The van der Waals surface area contributed by atoms with Crippen LogP contribution < -0.4 is 9.44 Å². The fourth-order valence-corrected chi connectivity index (χ4v) is 2.46. The van der Waals surface area contributed by atoms with Crippen molar-refractivity contribution in [2.75, 3.05) is 18.4 Å². The van der Waals surface area contributed by atoms with Crippen molar-refractivity contribution < 1.29 is 17.9 Å². The van der Waals surface area contributed by atoms with E-state index >= 15 is 0 Å². The lowest BCUT2D eigenvalue weighted by Crippen LogP contribution is -2.30. The van der Waals surface area contributed by atoms with E-state index in [9.17, 15) is 13.2 Å². The zero-order valence-corrected chi connectivity index (χ0v) is 12.1. The van der Waals surface area contributed by atoms with Crippen LogP contribution in [0.4, 0.5) is 5.69 Å². The van der Waals surface area contributed by atoms with Crippen LogP contribution in [0.25, 0.3) is 0 Å². The van der Waals surface area contributed by atoms with Gasteiger partial charge in [0, 0.05) is 6.54 Å². The van der Waals surface area contributed by atoms with Crippen LogP contribution in [0.1, 0.15) is 23.7 Å². The lowest BCUT2D eigenvalue weighted by molar-refractivity contribution is 0.0601. The summed E-state index contributed by atoms with van der Waals surface area (Å²) < 4.78 is 32.4. The van der Waals surface area contributed by atoms with E-state index in [2.05, 4.69) is 14.2 Å². The summed E-state index contributed by atoms with van der Waals surface area (Å²) in [5, 5.41) is 0.191. The van der Waals surface area contributed by atoms with Crippen LogP contribution in [0.5, 0.6) is 0 Å². The Hall–Kier alpha value is -1.31. The Kier molecular flexibility index (Phi) is 5.59. The topological polar surface area (TPSA) is 84.5 Å². The SMILES string of the molecule is CCCNS(=O)(=O)Nc1ccc(Cl)c(C(=O)OC)c1. The Morgan fingerprint density at radius 1 is 1.42 bits per heavy atom. The second kappa shape index (κ2) is 6.74. The number of benzene rings is 1. The van der Waals surface area contributed by atoms with Gasteiger partial charge in [0.1, 0.15) is 0 Å². The molecular weight excluding hydrogens is 292 g/mol. The summed E-state index contributed by atoms with van der Waals surface area (Å²) in [6, 6.07) is 4.20. The molecule has 0 aliphatic heterocycles. The number of carbonyl (C=O) groups is 1. The van der Waals surface area contributed by atoms with Gasteiger partial charge in [0.15, 0.2) is 0 Å². The van der Waals surface area contributed by atoms with Gasteiger partial charge in [0.05, 0.1) is 23.4 Å². The highest BCUT2D eigenvalue weighted by Crippen LogP contribution is 2.21. The first-order chi connectivity index (χ1) is 8.89. The molecule has 1 aromatic rings. The monoisotopic (exact) mass is 306 g/mol. The van der Waals surface area contributed by atoms with Gasteiger partial charge in [-0.15, -0.1) is 0 Å². The number of rotatable bonds is 6. The number of halogens is 1. The van der Waals surface area contributed by atoms with Crippen molar-refractivity contribution in [2.24, 2.45) is 0 Å². The molecule has 0 aromatic heterocycles. The van der Waals surface area contributed by atoms with E-state index in [0.29, 0.717) is 13.0 Å². The lowest BCUT2D eigenvalue weighted by Gasteiger charge is -2.10. The third-order valence-corrected chi connectivity index (χ3v) is 3.58. The Bertz CT molecular complexity index is 560. The first-order valence-corrected chi connectivity index (χ1v) is 7.41.